The second-order valence-electron chi connectivity index (χ2n) is 3.73. The number of fused-ring (bicyclic) bond motifs is 1. The molecule has 1 aliphatic rings. The lowest BCUT2D eigenvalue weighted by Crippen LogP contribution is -2.08. The summed E-state index contributed by atoms with van der Waals surface area (Å²) in [6.07, 6.45) is 6.28. The van der Waals surface area contributed by atoms with Crippen LogP contribution in [0.3, 0.4) is 0 Å². The lowest BCUT2D eigenvalue weighted by Gasteiger charge is -2.14. The molecule has 1 heterocycles. The van der Waals surface area contributed by atoms with Crippen LogP contribution in [0.1, 0.15) is 29.7 Å². The van der Waals surface area contributed by atoms with E-state index < -0.39 is 5.97 Å². The number of carboxylic acid groups (broad SMARTS) is 1. The Kier molecular flexibility index (Phi) is 2.48. The van der Waals surface area contributed by atoms with E-state index in [1.165, 1.54) is 18.4 Å². The maximum absolute atomic E-state index is 10.5. The number of hydrogen-bond donors (Lipinski definition) is 1. The maximum atomic E-state index is 10.5. The molecule has 0 saturated heterocycles. The molecule has 0 radical (unpaired) electrons. The number of nitrogens with zero attached hydrogens (tertiary/aromatic N) is 1. The summed E-state index contributed by atoms with van der Waals surface area (Å²) in [7, 11) is 0. The van der Waals surface area contributed by atoms with E-state index in [9.17, 15) is 4.79 Å². The van der Waals surface area contributed by atoms with E-state index in [0.717, 1.165) is 24.1 Å². The number of aliphatic carboxylic acids is 1. The van der Waals surface area contributed by atoms with Crippen LogP contribution in [0.5, 0.6) is 0 Å². The molecular formula is C11H13NO2. The molecule has 0 amide bonds. The van der Waals surface area contributed by atoms with Gasteiger partial charge >= 0.3 is 5.97 Å². The van der Waals surface area contributed by atoms with Crippen molar-refractivity contribution in [2.24, 2.45) is 0 Å². The van der Waals surface area contributed by atoms with E-state index in [4.69, 9.17) is 5.11 Å². The second-order valence-corrected chi connectivity index (χ2v) is 3.73. The fourth-order valence-corrected chi connectivity index (χ4v) is 1.91. The molecule has 3 nitrogen and oxygen atoms in total. The zero-order valence-electron chi connectivity index (χ0n) is 7.99. The minimum atomic E-state index is -0.789. The average Bonchev–Trinajstić information content (AvgIpc) is 2.17. The predicted molar refractivity (Wildman–Crippen MR) is 52.2 cm³/mol. The number of aromatic nitrogens is 1. The molecule has 74 valence electrons. The largest absolute Gasteiger partial charge is 0.481 e. The molecule has 1 aromatic heterocycles. The van der Waals surface area contributed by atoms with Crippen molar-refractivity contribution in [3.05, 3.63) is 29.1 Å². The van der Waals surface area contributed by atoms with Crippen molar-refractivity contribution >= 4 is 5.97 Å². The van der Waals surface area contributed by atoms with Crippen molar-refractivity contribution in [1.29, 1.82) is 0 Å². The summed E-state index contributed by atoms with van der Waals surface area (Å²) in [4.78, 5) is 14.8. The Morgan fingerprint density at radius 3 is 3.00 bits per heavy atom. The summed E-state index contributed by atoms with van der Waals surface area (Å²) in [5.74, 6) is -0.789. The lowest BCUT2D eigenvalue weighted by molar-refractivity contribution is -0.136. The minimum absolute atomic E-state index is 0.0836. The standard InChI is InChI=1S/C11H13NO2/c13-11(14)6-8-5-9-3-1-2-4-10(9)12-7-8/h5,7H,1-4,6H2,(H,13,14). The molecule has 1 aliphatic carbocycles. The van der Waals surface area contributed by atoms with Crippen molar-refractivity contribution in [3.8, 4) is 0 Å². The molecule has 0 spiro atoms. The van der Waals surface area contributed by atoms with Gasteiger partial charge in [0.05, 0.1) is 6.42 Å². The number of rotatable bonds is 2. The Balaban J connectivity index is 2.24. The number of aryl methyl sites for hydroxylation is 2. The van der Waals surface area contributed by atoms with Crippen LogP contribution in [-0.4, -0.2) is 16.1 Å². The van der Waals surface area contributed by atoms with Gasteiger partial charge < -0.3 is 5.11 Å². The fourth-order valence-electron chi connectivity index (χ4n) is 1.91. The number of carbonyl (C=O) groups is 1. The van der Waals surface area contributed by atoms with Crippen molar-refractivity contribution in [2.45, 2.75) is 32.1 Å². The molecule has 0 bridgehead atoms. The molecule has 0 fully saturated rings. The van der Waals surface area contributed by atoms with Crippen LogP contribution >= 0.6 is 0 Å². The quantitative estimate of drug-likeness (QED) is 0.772. The van der Waals surface area contributed by atoms with Gasteiger partial charge in [0.1, 0.15) is 0 Å². The van der Waals surface area contributed by atoms with E-state index in [2.05, 4.69) is 4.98 Å². The molecule has 2 rings (SSSR count). The van der Waals surface area contributed by atoms with Gasteiger partial charge in [0.2, 0.25) is 0 Å². The molecule has 0 saturated carbocycles. The van der Waals surface area contributed by atoms with Crippen LogP contribution in [0.25, 0.3) is 0 Å². The Labute approximate surface area is 82.8 Å². The van der Waals surface area contributed by atoms with E-state index >= 15 is 0 Å². The third kappa shape index (κ3) is 1.92. The fraction of sp³-hybridized carbons (Fsp3) is 0.455. The second kappa shape index (κ2) is 3.78. The SMILES string of the molecule is O=C(O)Cc1cnc2c(c1)CCCC2. The predicted octanol–water partition coefficient (Wildman–Crippen LogP) is 1.59. The van der Waals surface area contributed by atoms with Crippen LogP contribution < -0.4 is 0 Å². The Morgan fingerprint density at radius 1 is 1.43 bits per heavy atom. The minimum Gasteiger partial charge on any atom is -0.481 e. The van der Waals surface area contributed by atoms with Gasteiger partial charge in [-0.25, -0.2) is 0 Å². The van der Waals surface area contributed by atoms with E-state index in [-0.39, 0.29) is 6.42 Å². The normalized spacial score (nSPS) is 14.9. The molecule has 0 atom stereocenters. The highest BCUT2D eigenvalue weighted by Gasteiger charge is 2.11. The third-order valence-corrected chi connectivity index (χ3v) is 2.58. The Bertz CT molecular complexity index is 360. The molecule has 14 heavy (non-hydrogen) atoms. The van der Waals surface area contributed by atoms with Crippen molar-refractivity contribution in [1.82, 2.24) is 4.98 Å². The van der Waals surface area contributed by atoms with Gasteiger partial charge in [0.15, 0.2) is 0 Å². The topological polar surface area (TPSA) is 50.2 Å². The van der Waals surface area contributed by atoms with Crippen LogP contribution in [-0.2, 0) is 24.1 Å². The highest BCUT2D eigenvalue weighted by Crippen LogP contribution is 2.20. The first-order valence-corrected chi connectivity index (χ1v) is 4.94. The first kappa shape index (κ1) is 9.19. The Morgan fingerprint density at radius 2 is 2.21 bits per heavy atom. The summed E-state index contributed by atoms with van der Waals surface area (Å²) < 4.78 is 0. The number of hydrogen-bond acceptors (Lipinski definition) is 2. The summed E-state index contributed by atoms with van der Waals surface area (Å²) in [5, 5.41) is 8.64. The molecule has 0 aliphatic heterocycles. The molecular weight excluding hydrogens is 178 g/mol. The maximum Gasteiger partial charge on any atom is 0.307 e. The van der Waals surface area contributed by atoms with Crippen molar-refractivity contribution in [3.63, 3.8) is 0 Å². The number of carboxylic acids is 1. The van der Waals surface area contributed by atoms with Gasteiger partial charge in [-0.3, -0.25) is 9.78 Å². The first-order valence-electron chi connectivity index (χ1n) is 4.94. The highest BCUT2D eigenvalue weighted by atomic mass is 16.4. The zero-order valence-corrected chi connectivity index (χ0v) is 7.99. The highest BCUT2D eigenvalue weighted by molar-refractivity contribution is 5.70. The smallest absolute Gasteiger partial charge is 0.307 e. The van der Waals surface area contributed by atoms with Gasteiger partial charge in [-0.15, -0.1) is 0 Å². The van der Waals surface area contributed by atoms with Gasteiger partial charge in [-0.05, 0) is 36.8 Å². The number of pyridine rings is 1. The van der Waals surface area contributed by atoms with Crippen LogP contribution in [0.15, 0.2) is 12.3 Å². The monoisotopic (exact) mass is 191 g/mol. The first-order chi connectivity index (χ1) is 6.75. The van der Waals surface area contributed by atoms with E-state index in [1.54, 1.807) is 6.20 Å². The molecule has 3 heteroatoms. The summed E-state index contributed by atoms with van der Waals surface area (Å²) in [6, 6.07) is 2.00. The van der Waals surface area contributed by atoms with Crippen LogP contribution in [0.2, 0.25) is 0 Å². The molecule has 1 aromatic rings. The van der Waals surface area contributed by atoms with Gasteiger partial charge in [0, 0.05) is 11.9 Å². The Hall–Kier alpha value is -1.38. The molecule has 0 aromatic carbocycles. The third-order valence-electron chi connectivity index (χ3n) is 2.58. The van der Waals surface area contributed by atoms with Gasteiger partial charge in [0.25, 0.3) is 0 Å². The van der Waals surface area contributed by atoms with E-state index in [1.807, 2.05) is 6.07 Å². The van der Waals surface area contributed by atoms with Crippen molar-refractivity contribution < 1.29 is 9.90 Å². The summed E-state index contributed by atoms with van der Waals surface area (Å²) in [5.41, 5.74) is 3.22. The van der Waals surface area contributed by atoms with E-state index in [0.29, 0.717) is 0 Å². The van der Waals surface area contributed by atoms with Gasteiger partial charge in [-0.2, -0.15) is 0 Å². The van der Waals surface area contributed by atoms with Crippen LogP contribution in [0.4, 0.5) is 0 Å². The zero-order chi connectivity index (χ0) is 9.97. The lowest BCUT2D eigenvalue weighted by atomic mass is 9.95. The van der Waals surface area contributed by atoms with Gasteiger partial charge in [-0.1, -0.05) is 6.07 Å². The molecule has 0 unspecified atom stereocenters. The average molecular weight is 191 g/mol. The molecule has 1 N–H and O–H groups in total. The summed E-state index contributed by atoms with van der Waals surface area (Å²) in [6.45, 7) is 0. The van der Waals surface area contributed by atoms with Crippen LogP contribution in [0, 0.1) is 0 Å². The van der Waals surface area contributed by atoms with Crippen molar-refractivity contribution in [2.75, 3.05) is 0 Å². The summed E-state index contributed by atoms with van der Waals surface area (Å²) >= 11 is 0.